The molecular formula is C19H24ClN5O3. The molecule has 0 spiro atoms. The number of rotatable bonds is 5. The van der Waals surface area contributed by atoms with Crippen LogP contribution < -0.4 is 16.0 Å². The molecule has 1 atom stereocenters. The standard InChI is InChI=1S/C19H23N5O3.ClH/c25-18(16-5-2-8-27-16)22-13-4-1-3-12(9-13)10-21-19(26)17-14-11-20-7-6-15(14)23-24-17;/h1,3-4,9,16,20H,2,5-8,10-11H2,(H,21,26)(H,22,25)(H,23,24);1H. The topological polar surface area (TPSA) is 108 Å². The van der Waals surface area contributed by atoms with Crippen molar-refractivity contribution in [1.29, 1.82) is 0 Å². The number of amides is 2. The number of carbonyl (C=O) groups is 2. The van der Waals surface area contributed by atoms with Gasteiger partial charge in [0.1, 0.15) is 6.10 Å². The first-order valence-corrected chi connectivity index (χ1v) is 9.27. The van der Waals surface area contributed by atoms with Crippen LogP contribution in [0.15, 0.2) is 24.3 Å². The Morgan fingerprint density at radius 2 is 2.21 bits per heavy atom. The highest BCUT2D eigenvalue weighted by Crippen LogP contribution is 2.17. The molecule has 4 rings (SSSR count). The first-order valence-electron chi connectivity index (χ1n) is 9.27. The van der Waals surface area contributed by atoms with E-state index in [1.807, 2.05) is 24.3 Å². The SMILES string of the molecule is Cl.O=C(NCc1cccc(NC(=O)C2CCCO2)c1)c1n[nH]c2c1CNCC2. The Balaban J connectivity index is 0.00000225. The Morgan fingerprint density at radius 1 is 1.32 bits per heavy atom. The first kappa shape index (κ1) is 20.3. The number of aromatic nitrogens is 2. The molecule has 0 aliphatic carbocycles. The number of benzene rings is 1. The molecule has 8 nitrogen and oxygen atoms in total. The van der Waals surface area contributed by atoms with Gasteiger partial charge in [-0.05, 0) is 30.5 Å². The highest BCUT2D eigenvalue weighted by Gasteiger charge is 2.24. The summed E-state index contributed by atoms with van der Waals surface area (Å²) in [6.07, 6.45) is 2.15. The third-order valence-corrected chi connectivity index (χ3v) is 4.89. The van der Waals surface area contributed by atoms with E-state index in [4.69, 9.17) is 4.74 Å². The van der Waals surface area contributed by atoms with E-state index < -0.39 is 0 Å². The average Bonchev–Trinajstić information content (AvgIpc) is 3.36. The summed E-state index contributed by atoms with van der Waals surface area (Å²) in [7, 11) is 0. The van der Waals surface area contributed by atoms with Gasteiger partial charge in [-0.3, -0.25) is 14.7 Å². The lowest BCUT2D eigenvalue weighted by molar-refractivity contribution is -0.124. The Morgan fingerprint density at radius 3 is 3.04 bits per heavy atom. The lowest BCUT2D eigenvalue weighted by Gasteiger charge is -2.13. The lowest BCUT2D eigenvalue weighted by atomic mass is 10.1. The molecule has 150 valence electrons. The smallest absolute Gasteiger partial charge is 0.272 e. The fraction of sp³-hybridized carbons (Fsp3) is 0.421. The maximum absolute atomic E-state index is 12.5. The molecule has 0 saturated carbocycles. The summed E-state index contributed by atoms with van der Waals surface area (Å²) < 4.78 is 5.40. The van der Waals surface area contributed by atoms with Crippen LogP contribution in [-0.4, -0.2) is 41.3 Å². The van der Waals surface area contributed by atoms with Crippen molar-refractivity contribution in [3.8, 4) is 0 Å². The zero-order valence-electron chi connectivity index (χ0n) is 15.4. The van der Waals surface area contributed by atoms with Crippen molar-refractivity contribution in [2.45, 2.75) is 38.5 Å². The zero-order valence-corrected chi connectivity index (χ0v) is 16.2. The van der Waals surface area contributed by atoms with E-state index in [0.29, 0.717) is 31.1 Å². The number of H-pyrrole nitrogens is 1. The van der Waals surface area contributed by atoms with Crippen LogP contribution in [0, 0.1) is 0 Å². The van der Waals surface area contributed by atoms with Gasteiger partial charge in [0.05, 0.1) is 0 Å². The van der Waals surface area contributed by atoms with Gasteiger partial charge >= 0.3 is 0 Å². The van der Waals surface area contributed by atoms with Gasteiger partial charge in [0, 0.05) is 49.6 Å². The lowest BCUT2D eigenvalue weighted by Crippen LogP contribution is -2.28. The van der Waals surface area contributed by atoms with E-state index in [9.17, 15) is 9.59 Å². The summed E-state index contributed by atoms with van der Waals surface area (Å²) >= 11 is 0. The number of nitrogens with zero attached hydrogens (tertiary/aromatic N) is 1. The fourth-order valence-corrected chi connectivity index (χ4v) is 3.45. The third-order valence-electron chi connectivity index (χ3n) is 4.89. The molecular weight excluding hydrogens is 382 g/mol. The monoisotopic (exact) mass is 405 g/mol. The van der Waals surface area contributed by atoms with E-state index >= 15 is 0 Å². The highest BCUT2D eigenvalue weighted by atomic mass is 35.5. The predicted octanol–water partition coefficient (Wildman–Crippen LogP) is 1.52. The molecule has 9 heteroatoms. The third kappa shape index (κ3) is 4.52. The molecule has 2 aliphatic rings. The molecule has 1 saturated heterocycles. The number of halogens is 1. The Hall–Kier alpha value is -2.42. The second-order valence-electron chi connectivity index (χ2n) is 6.83. The first-order chi connectivity index (χ1) is 13.2. The van der Waals surface area contributed by atoms with E-state index in [1.165, 1.54) is 0 Å². The van der Waals surface area contributed by atoms with Crippen molar-refractivity contribution in [3.63, 3.8) is 0 Å². The van der Waals surface area contributed by atoms with Gasteiger partial charge < -0.3 is 20.7 Å². The summed E-state index contributed by atoms with van der Waals surface area (Å²) in [4.78, 5) is 24.6. The molecule has 28 heavy (non-hydrogen) atoms. The molecule has 0 radical (unpaired) electrons. The normalized spacial score (nSPS) is 18.1. The summed E-state index contributed by atoms with van der Waals surface area (Å²) in [6, 6.07) is 7.44. The van der Waals surface area contributed by atoms with Crippen molar-refractivity contribution < 1.29 is 14.3 Å². The second kappa shape index (κ2) is 9.18. The molecule has 2 amide bonds. The van der Waals surface area contributed by atoms with Gasteiger partial charge in [0.15, 0.2) is 5.69 Å². The largest absolute Gasteiger partial charge is 0.368 e. The minimum absolute atomic E-state index is 0. The van der Waals surface area contributed by atoms with Crippen molar-refractivity contribution >= 4 is 29.9 Å². The van der Waals surface area contributed by atoms with Gasteiger partial charge in [-0.2, -0.15) is 5.10 Å². The Bertz CT molecular complexity index is 848. The van der Waals surface area contributed by atoms with Crippen molar-refractivity contribution in [2.24, 2.45) is 0 Å². The summed E-state index contributed by atoms with van der Waals surface area (Å²) in [5.74, 6) is -0.325. The number of nitrogens with one attached hydrogen (secondary N) is 4. The quantitative estimate of drug-likeness (QED) is 0.603. The zero-order chi connectivity index (χ0) is 18.6. The minimum atomic E-state index is -0.368. The molecule has 1 unspecified atom stereocenters. The summed E-state index contributed by atoms with van der Waals surface area (Å²) in [5.41, 5.74) is 4.01. The average molecular weight is 406 g/mol. The maximum atomic E-state index is 12.5. The Kier molecular flexibility index (Phi) is 6.66. The number of hydrogen-bond acceptors (Lipinski definition) is 5. The Labute approximate surface area is 169 Å². The van der Waals surface area contributed by atoms with Crippen molar-refractivity contribution in [1.82, 2.24) is 20.8 Å². The number of anilines is 1. The van der Waals surface area contributed by atoms with Crippen LogP contribution in [-0.2, 0) is 29.0 Å². The van der Waals surface area contributed by atoms with Crippen LogP contribution in [0.2, 0.25) is 0 Å². The van der Waals surface area contributed by atoms with Crippen LogP contribution in [0.25, 0.3) is 0 Å². The van der Waals surface area contributed by atoms with Gasteiger partial charge in [0.2, 0.25) is 0 Å². The van der Waals surface area contributed by atoms with E-state index in [0.717, 1.165) is 42.6 Å². The van der Waals surface area contributed by atoms with Gasteiger partial charge in [-0.1, -0.05) is 12.1 Å². The molecule has 1 fully saturated rings. The van der Waals surface area contributed by atoms with E-state index in [2.05, 4.69) is 26.1 Å². The fourth-order valence-electron chi connectivity index (χ4n) is 3.45. The number of carbonyl (C=O) groups excluding carboxylic acids is 2. The van der Waals surface area contributed by atoms with Crippen LogP contribution in [0.3, 0.4) is 0 Å². The van der Waals surface area contributed by atoms with Crippen LogP contribution in [0.1, 0.15) is 40.2 Å². The summed E-state index contributed by atoms with van der Waals surface area (Å²) in [5, 5.41) is 16.1. The number of aromatic amines is 1. The maximum Gasteiger partial charge on any atom is 0.272 e. The molecule has 1 aromatic carbocycles. The van der Waals surface area contributed by atoms with Gasteiger partial charge in [0.25, 0.3) is 11.8 Å². The minimum Gasteiger partial charge on any atom is -0.368 e. The highest BCUT2D eigenvalue weighted by molar-refractivity contribution is 5.95. The van der Waals surface area contributed by atoms with E-state index in [1.54, 1.807) is 0 Å². The van der Waals surface area contributed by atoms with Crippen LogP contribution in [0.5, 0.6) is 0 Å². The number of ether oxygens (including phenoxy) is 1. The summed E-state index contributed by atoms with van der Waals surface area (Å²) in [6.45, 7) is 2.54. The van der Waals surface area contributed by atoms with E-state index in [-0.39, 0.29) is 30.3 Å². The van der Waals surface area contributed by atoms with Gasteiger partial charge in [-0.15, -0.1) is 12.4 Å². The van der Waals surface area contributed by atoms with Gasteiger partial charge in [-0.25, -0.2) is 0 Å². The molecule has 2 aliphatic heterocycles. The van der Waals surface area contributed by atoms with Crippen LogP contribution >= 0.6 is 12.4 Å². The molecule has 2 aromatic rings. The molecule has 3 heterocycles. The van der Waals surface area contributed by atoms with Crippen molar-refractivity contribution in [3.05, 3.63) is 46.8 Å². The number of fused-ring (bicyclic) bond motifs is 1. The molecule has 0 bridgehead atoms. The predicted molar refractivity (Wildman–Crippen MR) is 106 cm³/mol. The number of hydrogen-bond donors (Lipinski definition) is 4. The second-order valence-corrected chi connectivity index (χ2v) is 6.83. The van der Waals surface area contributed by atoms with Crippen molar-refractivity contribution in [2.75, 3.05) is 18.5 Å². The van der Waals surface area contributed by atoms with Crippen LogP contribution in [0.4, 0.5) is 5.69 Å². The molecule has 1 aromatic heterocycles. The molecule has 4 N–H and O–H groups in total.